The number of nitrogens with one attached hydrogen (secondary N) is 1. The van der Waals surface area contributed by atoms with Crippen molar-refractivity contribution < 1.29 is 22.7 Å². The summed E-state index contributed by atoms with van der Waals surface area (Å²) in [6.07, 6.45) is 3.98. The van der Waals surface area contributed by atoms with Gasteiger partial charge in [0.25, 0.3) is 0 Å². The van der Waals surface area contributed by atoms with Crippen molar-refractivity contribution in [3.63, 3.8) is 0 Å². The van der Waals surface area contributed by atoms with Gasteiger partial charge in [0.1, 0.15) is 11.6 Å². The summed E-state index contributed by atoms with van der Waals surface area (Å²) in [5, 5.41) is 2.65. The van der Waals surface area contributed by atoms with Gasteiger partial charge in [-0.3, -0.25) is 4.79 Å². The number of amides is 1. The second-order valence-corrected chi connectivity index (χ2v) is 6.60. The fourth-order valence-electron chi connectivity index (χ4n) is 3.35. The summed E-state index contributed by atoms with van der Waals surface area (Å²) in [5.74, 6) is -3.86. The van der Waals surface area contributed by atoms with Crippen molar-refractivity contribution in [3.05, 3.63) is 41.8 Å². The molecule has 1 amide bonds. The Bertz CT molecular complexity index is 860. The molecule has 27 heavy (non-hydrogen) atoms. The fourth-order valence-corrected chi connectivity index (χ4v) is 3.35. The molecule has 1 aromatic heterocycles. The number of aromatic nitrogens is 1. The summed E-state index contributed by atoms with van der Waals surface area (Å²) in [6, 6.07) is 3.35. The van der Waals surface area contributed by atoms with Crippen molar-refractivity contribution in [1.82, 2.24) is 4.98 Å². The largest absolute Gasteiger partial charge is 0.493 e. The average Bonchev–Trinajstić information content (AvgIpc) is 2.65. The molecule has 144 valence electrons. The highest BCUT2D eigenvalue weighted by Gasteiger charge is 2.26. The zero-order chi connectivity index (χ0) is 19.6. The minimum absolute atomic E-state index is 0.0160. The van der Waals surface area contributed by atoms with E-state index in [4.69, 9.17) is 10.5 Å². The van der Waals surface area contributed by atoms with Gasteiger partial charge >= 0.3 is 0 Å². The molecule has 0 bridgehead atoms. The number of nitrogens with zero attached hydrogens (tertiary/aromatic N) is 1. The van der Waals surface area contributed by atoms with Crippen LogP contribution in [0.4, 0.5) is 19.0 Å². The monoisotopic (exact) mass is 379 g/mol. The van der Waals surface area contributed by atoms with Gasteiger partial charge in [0.2, 0.25) is 11.7 Å². The van der Waals surface area contributed by atoms with Crippen LogP contribution in [0.5, 0.6) is 5.75 Å². The quantitative estimate of drug-likeness (QED) is 0.851. The number of methoxy groups -OCH3 is 1. The van der Waals surface area contributed by atoms with E-state index in [0.717, 1.165) is 38.6 Å². The Balaban J connectivity index is 1.89. The van der Waals surface area contributed by atoms with E-state index in [1.807, 2.05) is 0 Å². The van der Waals surface area contributed by atoms with Gasteiger partial charge in [-0.1, -0.05) is 6.42 Å². The molecule has 1 saturated carbocycles. The highest BCUT2D eigenvalue weighted by molar-refractivity contribution is 5.92. The average molecular weight is 379 g/mol. The lowest BCUT2D eigenvalue weighted by atomic mass is 9.85. The molecule has 1 aliphatic carbocycles. The molecule has 0 aliphatic heterocycles. The normalized spacial score (nSPS) is 19.6. The Morgan fingerprint density at radius 3 is 2.70 bits per heavy atom. The lowest BCUT2D eigenvalue weighted by molar-refractivity contribution is -0.120. The molecule has 1 heterocycles. The van der Waals surface area contributed by atoms with Crippen molar-refractivity contribution in [1.29, 1.82) is 0 Å². The number of hydrogen-bond acceptors (Lipinski definition) is 4. The van der Waals surface area contributed by atoms with Gasteiger partial charge in [-0.25, -0.2) is 13.8 Å². The Morgan fingerprint density at radius 2 is 2.00 bits per heavy atom. The highest BCUT2D eigenvalue weighted by Crippen LogP contribution is 2.36. The number of benzene rings is 1. The number of hydrogen-bond donors (Lipinski definition) is 2. The van der Waals surface area contributed by atoms with E-state index in [1.54, 1.807) is 0 Å². The predicted octanol–water partition coefficient (Wildman–Crippen LogP) is 3.63. The first-order valence-electron chi connectivity index (χ1n) is 8.65. The SMILES string of the molecule is COc1c(-c2cc(NC(=O)[C@H]3CCC[C@@H](N)C3)ncc2F)ccc(F)c1F. The van der Waals surface area contributed by atoms with E-state index in [1.165, 1.54) is 12.1 Å². The van der Waals surface area contributed by atoms with Crippen LogP contribution in [0.25, 0.3) is 11.1 Å². The van der Waals surface area contributed by atoms with Crippen LogP contribution in [-0.4, -0.2) is 24.0 Å². The van der Waals surface area contributed by atoms with E-state index in [-0.39, 0.29) is 34.8 Å². The first-order chi connectivity index (χ1) is 12.9. The molecule has 8 heteroatoms. The topological polar surface area (TPSA) is 77.2 Å². The van der Waals surface area contributed by atoms with E-state index in [2.05, 4.69) is 10.3 Å². The van der Waals surface area contributed by atoms with Crippen LogP contribution in [0.2, 0.25) is 0 Å². The summed E-state index contributed by atoms with van der Waals surface area (Å²) in [5.41, 5.74) is 5.87. The zero-order valence-corrected chi connectivity index (χ0v) is 14.8. The molecule has 1 fully saturated rings. The number of halogens is 3. The maximum atomic E-state index is 14.3. The van der Waals surface area contributed by atoms with Crippen LogP contribution in [0, 0.1) is 23.4 Å². The molecule has 3 rings (SSSR count). The lowest BCUT2D eigenvalue weighted by Gasteiger charge is -2.25. The maximum Gasteiger partial charge on any atom is 0.228 e. The van der Waals surface area contributed by atoms with E-state index in [9.17, 15) is 18.0 Å². The number of pyridine rings is 1. The van der Waals surface area contributed by atoms with Crippen LogP contribution < -0.4 is 15.8 Å². The Hall–Kier alpha value is -2.61. The smallest absolute Gasteiger partial charge is 0.228 e. The van der Waals surface area contributed by atoms with Crippen molar-refractivity contribution in [2.45, 2.75) is 31.7 Å². The van der Waals surface area contributed by atoms with Crippen LogP contribution >= 0.6 is 0 Å². The molecule has 2 atom stereocenters. The van der Waals surface area contributed by atoms with Gasteiger partial charge in [0.05, 0.1) is 13.3 Å². The third-order valence-corrected chi connectivity index (χ3v) is 4.74. The molecule has 1 aromatic carbocycles. The molecule has 0 unspecified atom stereocenters. The standard InChI is InChI=1S/C19H20F3N3O2/c1-27-18-12(5-6-14(20)17(18)22)13-8-16(24-9-15(13)21)25-19(26)10-3-2-4-11(23)7-10/h5-6,8-11H,2-4,7,23H2,1H3,(H,24,25,26)/t10-,11+/m0/s1. The number of carbonyl (C=O) groups excluding carboxylic acids is 1. The minimum atomic E-state index is -1.21. The maximum absolute atomic E-state index is 14.3. The van der Waals surface area contributed by atoms with Crippen LogP contribution in [0.1, 0.15) is 25.7 Å². The number of rotatable bonds is 4. The van der Waals surface area contributed by atoms with Gasteiger partial charge in [-0.05, 0) is 37.5 Å². The van der Waals surface area contributed by atoms with Crippen LogP contribution in [0.3, 0.4) is 0 Å². The molecule has 2 aromatic rings. The Kier molecular flexibility index (Phi) is 5.65. The second kappa shape index (κ2) is 7.96. The molecule has 5 nitrogen and oxygen atoms in total. The number of ether oxygens (including phenoxy) is 1. The van der Waals surface area contributed by atoms with Crippen LogP contribution in [0.15, 0.2) is 24.4 Å². The number of carbonyl (C=O) groups is 1. The molecule has 0 radical (unpaired) electrons. The Labute approximate surface area is 154 Å². The number of anilines is 1. The van der Waals surface area contributed by atoms with Gasteiger partial charge in [-0.2, -0.15) is 4.39 Å². The predicted molar refractivity (Wildman–Crippen MR) is 94.7 cm³/mol. The zero-order valence-electron chi connectivity index (χ0n) is 14.8. The minimum Gasteiger partial charge on any atom is -0.493 e. The first kappa shape index (κ1) is 19.2. The molecular weight excluding hydrogens is 359 g/mol. The summed E-state index contributed by atoms with van der Waals surface area (Å²) in [6.45, 7) is 0. The van der Waals surface area contributed by atoms with Gasteiger partial charge in [0, 0.05) is 23.1 Å². The summed E-state index contributed by atoms with van der Waals surface area (Å²) >= 11 is 0. The van der Waals surface area contributed by atoms with Crippen molar-refractivity contribution in [2.24, 2.45) is 11.7 Å². The third-order valence-electron chi connectivity index (χ3n) is 4.74. The second-order valence-electron chi connectivity index (χ2n) is 6.60. The van der Waals surface area contributed by atoms with Gasteiger partial charge in [-0.15, -0.1) is 0 Å². The summed E-state index contributed by atoms with van der Waals surface area (Å²) in [7, 11) is 1.16. The van der Waals surface area contributed by atoms with E-state index >= 15 is 0 Å². The first-order valence-corrected chi connectivity index (χ1v) is 8.65. The molecular formula is C19H20F3N3O2. The fraction of sp³-hybridized carbons (Fsp3) is 0.368. The summed E-state index contributed by atoms with van der Waals surface area (Å²) in [4.78, 5) is 16.3. The summed E-state index contributed by atoms with van der Waals surface area (Å²) < 4.78 is 46.5. The Morgan fingerprint density at radius 1 is 1.22 bits per heavy atom. The molecule has 3 N–H and O–H groups in total. The molecule has 0 saturated heterocycles. The number of nitrogens with two attached hydrogens (primary N) is 1. The van der Waals surface area contributed by atoms with Crippen LogP contribution in [-0.2, 0) is 4.79 Å². The van der Waals surface area contributed by atoms with Crippen molar-refractivity contribution in [2.75, 3.05) is 12.4 Å². The molecule has 1 aliphatic rings. The van der Waals surface area contributed by atoms with E-state index in [0.29, 0.717) is 6.42 Å². The van der Waals surface area contributed by atoms with Gasteiger partial charge < -0.3 is 15.8 Å². The van der Waals surface area contributed by atoms with E-state index < -0.39 is 23.2 Å². The lowest BCUT2D eigenvalue weighted by Crippen LogP contribution is -2.34. The van der Waals surface area contributed by atoms with Crippen molar-refractivity contribution in [3.8, 4) is 16.9 Å². The van der Waals surface area contributed by atoms with Gasteiger partial charge in [0.15, 0.2) is 11.6 Å². The third kappa shape index (κ3) is 4.05. The van der Waals surface area contributed by atoms with Crippen molar-refractivity contribution >= 4 is 11.7 Å². The highest BCUT2D eigenvalue weighted by atomic mass is 19.2. The molecule has 0 spiro atoms.